The minimum atomic E-state index is -0.943. The third-order valence-electron chi connectivity index (χ3n) is 4.12. The third kappa shape index (κ3) is 3.97. The van der Waals surface area contributed by atoms with Gasteiger partial charge in [0.25, 0.3) is 0 Å². The lowest BCUT2D eigenvalue weighted by molar-refractivity contribution is -0.138. The minimum absolute atomic E-state index is 0.00563. The molecule has 0 unspecified atom stereocenters. The van der Waals surface area contributed by atoms with Crippen LogP contribution in [0.25, 0.3) is 11.1 Å². The van der Waals surface area contributed by atoms with Gasteiger partial charge in [0.1, 0.15) is 13.3 Å². The standard InChI is InChI=1S/C19H19NO5/c21-18(22)9-10-24-12-20-19(23)25-11-17-15-7-3-1-5-13(15)14-6-2-4-8-16(14)17/h1-8,17H,9-12H2,(H,20,23)(H,21,22). The second-order valence-corrected chi connectivity index (χ2v) is 5.70. The second kappa shape index (κ2) is 7.81. The van der Waals surface area contributed by atoms with Gasteiger partial charge in [-0.1, -0.05) is 48.5 Å². The monoisotopic (exact) mass is 341 g/mol. The first-order chi connectivity index (χ1) is 12.2. The first-order valence-electron chi connectivity index (χ1n) is 8.05. The summed E-state index contributed by atoms with van der Waals surface area (Å²) in [6.45, 7) is 0.192. The van der Waals surface area contributed by atoms with E-state index in [-0.39, 0.29) is 32.3 Å². The maximum absolute atomic E-state index is 11.8. The van der Waals surface area contributed by atoms with Gasteiger partial charge in [0, 0.05) is 5.92 Å². The number of carboxylic acid groups (broad SMARTS) is 1. The van der Waals surface area contributed by atoms with Crippen molar-refractivity contribution in [2.24, 2.45) is 0 Å². The van der Waals surface area contributed by atoms with E-state index in [0.29, 0.717) is 0 Å². The average Bonchev–Trinajstić information content (AvgIpc) is 2.93. The van der Waals surface area contributed by atoms with Crippen LogP contribution < -0.4 is 5.32 Å². The SMILES string of the molecule is O=C(O)CCOCNC(=O)OCC1c2ccccc2-c2ccccc21. The highest BCUT2D eigenvalue weighted by molar-refractivity contribution is 5.79. The molecule has 0 heterocycles. The Morgan fingerprint density at radius 2 is 1.60 bits per heavy atom. The summed E-state index contributed by atoms with van der Waals surface area (Å²) in [6, 6.07) is 16.2. The molecule has 6 heteroatoms. The Labute approximate surface area is 145 Å². The first kappa shape index (κ1) is 17.0. The van der Waals surface area contributed by atoms with Gasteiger partial charge < -0.3 is 14.6 Å². The number of hydrogen-bond acceptors (Lipinski definition) is 4. The number of carbonyl (C=O) groups excluding carboxylic acids is 1. The van der Waals surface area contributed by atoms with Gasteiger partial charge in [0.05, 0.1) is 13.0 Å². The van der Waals surface area contributed by atoms with Gasteiger partial charge in [0.2, 0.25) is 0 Å². The average molecular weight is 341 g/mol. The predicted octanol–water partition coefficient (Wildman–Crippen LogP) is 2.97. The molecule has 0 saturated carbocycles. The Hall–Kier alpha value is -2.86. The van der Waals surface area contributed by atoms with Crippen LogP contribution in [-0.4, -0.2) is 37.1 Å². The largest absolute Gasteiger partial charge is 0.481 e. The number of hydrogen-bond donors (Lipinski definition) is 2. The molecule has 0 radical (unpaired) electrons. The van der Waals surface area contributed by atoms with Crippen LogP contribution in [0.2, 0.25) is 0 Å². The van der Waals surface area contributed by atoms with E-state index in [1.807, 2.05) is 24.3 Å². The molecule has 0 aromatic heterocycles. The van der Waals surface area contributed by atoms with Gasteiger partial charge in [0.15, 0.2) is 0 Å². The number of ether oxygens (including phenoxy) is 2. The molecule has 0 spiro atoms. The summed E-state index contributed by atoms with van der Waals surface area (Å²) >= 11 is 0. The summed E-state index contributed by atoms with van der Waals surface area (Å²) in [5, 5.41) is 10.9. The van der Waals surface area contributed by atoms with E-state index < -0.39 is 12.1 Å². The van der Waals surface area contributed by atoms with Crippen molar-refractivity contribution in [1.29, 1.82) is 0 Å². The molecule has 0 bridgehead atoms. The molecule has 1 amide bonds. The molecule has 2 aromatic carbocycles. The highest BCUT2D eigenvalue weighted by atomic mass is 16.6. The lowest BCUT2D eigenvalue weighted by Gasteiger charge is -2.14. The van der Waals surface area contributed by atoms with Crippen molar-refractivity contribution < 1.29 is 24.2 Å². The van der Waals surface area contributed by atoms with Crippen molar-refractivity contribution in [1.82, 2.24) is 5.32 Å². The molecule has 0 aliphatic heterocycles. The maximum atomic E-state index is 11.8. The highest BCUT2D eigenvalue weighted by Gasteiger charge is 2.28. The summed E-state index contributed by atoms with van der Waals surface area (Å²) in [6.07, 6.45) is -0.691. The van der Waals surface area contributed by atoms with E-state index in [2.05, 4.69) is 29.6 Å². The van der Waals surface area contributed by atoms with E-state index in [0.717, 1.165) is 11.1 Å². The van der Waals surface area contributed by atoms with Crippen LogP contribution in [0, 0.1) is 0 Å². The number of alkyl carbamates (subject to hydrolysis) is 1. The van der Waals surface area contributed by atoms with Crippen LogP contribution in [0.1, 0.15) is 23.5 Å². The van der Waals surface area contributed by atoms with Crippen LogP contribution in [0.15, 0.2) is 48.5 Å². The quantitative estimate of drug-likeness (QED) is 0.597. The van der Waals surface area contributed by atoms with Gasteiger partial charge in [-0.2, -0.15) is 0 Å². The predicted molar refractivity (Wildman–Crippen MR) is 91.3 cm³/mol. The van der Waals surface area contributed by atoms with E-state index >= 15 is 0 Å². The summed E-state index contributed by atoms with van der Waals surface area (Å²) in [7, 11) is 0. The van der Waals surface area contributed by atoms with Crippen LogP contribution in [0.4, 0.5) is 4.79 Å². The summed E-state index contributed by atoms with van der Waals surface area (Å²) in [4.78, 5) is 22.1. The molecular formula is C19H19NO5. The normalized spacial score (nSPS) is 12.3. The van der Waals surface area contributed by atoms with Crippen molar-refractivity contribution in [2.45, 2.75) is 12.3 Å². The fraction of sp³-hybridized carbons (Fsp3) is 0.263. The highest BCUT2D eigenvalue weighted by Crippen LogP contribution is 2.44. The van der Waals surface area contributed by atoms with Crippen LogP contribution in [-0.2, 0) is 14.3 Å². The molecule has 2 N–H and O–H groups in total. The molecule has 1 aliphatic rings. The molecular weight excluding hydrogens is 322 g/mol. The lowest BCUT2D eigenvalue weighted by atomic mass is 9.98. The molecule has 1 aliphatic carbocycles. The van der Waals surface area contributed by atoms with Crippen molar-refractivity contribution in [3.8, 4) is 11.1 Å². The number of carboxylic acids is 1. The van der Waals surface area contributed by atoms with E-state index in [9.17, 15) is 9.59 Å². The van der Waals surface area contributed by atoms with Crippen LogP contribution >= 0.6 is 0 Å². The van der Waals surface area contributed by atoms with Gasteiger partial charge in [-0.3, -0.25) is 10.1 Å². The molecule has 6 nitrogen and oxygen atoms in total. The van der Waals surface area contributed by atoms with Crippen molar-refractivity contribution in [2.75, 3.05) is 19.9 Å². The summed E-state index contributed by atoms with van der Waals surface area (Å²) in [5.41, 5.74) is 4.64. The van der Waals surface area contributed by atoms with E-state index in [1.54, 1.807) is 0 Å². The molecule has 0 saturated heterocycles. The Morgan fingerprint density at radius 3 is 2.20 bits per heavy atom. The maximum Gasteiger partial charge on any atom is 0.408 e. The molecule has 130 valence electrons. The zero-order chi connectivity index (χ0) is 17.6. The Morgan fingerprint density at radius 1 is 1.00 bits per heavy atom. The molecule has 3 rings (SSSR count). The number of carbonyl (C=O) groups is 2. The van der Waals surface area contributed by atoms with Crippen molar-refractivity contribution >= 4 is 12.1 Å². The Balaban J connectivity index is 1.55. The van der Waals surface area contributed by atoms with Crippen LogP contribution in [0.5, 0.6) is 0 Å². The second-order valence-electron chi connectivity index (χ2n) is 5.70. The van der Waals surface area contributed by atoms with E-state index in [4.69, 9.17) is 14.6 Å². The number of rotatable bonds is 7. The van der Waals surface area contributed by atoms with Gasteiger partial charge in [-0.05, 0) is 22.3 Å². The van der Waals surface area contributed by atoms with Gasteiger partial charge in [-0.25, -0.2) is 4.79 Å². The topological polar surface area (TPSA) is 84.9 Å². The Kier molecular flexibility index (Phi) is 5.30. The van der Waals surface area contributed by atoms with Gasteiger partial charge in [-0.15, -0.1) is 0 Å². The lowest BCUT2D eigenvalue weighted by Crippen LogP contribution is -2.28. The van der Waals surface area contributed by atoms with Gasteiger partial charge >= 0.3 is 12.1 Å². The number of amides is 1. The number of benzene rings is 2. The third-order valence-corrected chi connectivity index (χ3v) is 4.12. The molecule has 0 fully saturated rings. The summed E-state index contributed by atoms with van der Waals surface area (Å²) < 4.78 is 10.3. The minimum Gasteiger partial charge on any atom is -0.481 e. The number of fused-ring (bicyclic) bond motifs is 3. The van der Waals surface area contributed by atoms with Crippen molar-refractivity contribution in [3.05, 3.63) is 59.7 Å². The van der Waals surface area contributed by atoms with Crippen LogP contribution in [0.3, 0.4) is 0 Å². The molecule has 2 aromatic rings. The zero-order valence-electron chi connectivity index (χ0n) is 13.6. The molecule has 25 heavy (non-hydrogen) atoms. The number of nitrogens with one attached hydrogen (secondary N) is 1. The fourth-order valence-corrected chi connectivity index (χ4v) is 2.99. The Bertz CT molecular complexity index is 728. The molecule has 0 atom stereocenters. The van der Waals surface area contributed by atoms with E-state index in [1.165, 1.54) is 11.1 Å². The summed E-state index contributed by atoms with van der Waals surface area (Å²) in [5.74, 6) is -0.938. The first-order valence-corrected chi connectivity index (χ1v) is 8.05. The number of aliphatic carboxylic acids is 1. The van der Waals surface area contributed by atoms with Crippen molar-refractivity contribution in [3.63, 3.8) is 0 Å². The zero-order valence-corrected chi connectivity index (χ0v) is 13.6. The smallest absolute Gasteiger partial charge is 0.408 e. The fourth-order valence-electron chi connectivity index (χ4n) is 2.99.